The molecule has 1 atom stereocenters. The fourth-order valence-electron chi connectivity index (χ4n) is 2.03. The molecule has 0 aliphatic heterocycles. The lowest BCUT2D eigenvalue weighted by atomic mass is 10.1. The molecule has 0 fully saturated rings. The molecule has 0 aliphatic rings. The standard InChI is InChI=1S/C14H17F2N3O/c1-3-12-13(8-19(2)18-12)17-7-14(20)10-5-4-9(15)6-11(10)16/h4-6,8,14,17,20H,3,7H2,1-2H3. The molecule has 1 heterocycles. The minimum absolute atomic E-state index is 0.0702. The van der Waals surface area contributed by atoms with E-state index >= 15 is 0 Å². The Morgan fingerprint density at radius 1 is 1.40 bits per heavy atom. The quantitative estimate of drug-likeness (QED) is 0.885. The third-order valence-electron chi connectivity index (χ3n) is 3.05. The molecule has 6 heteroatoms. The third-order valence-corrected chi connectivity index (χ3v) is 3.05. The Morgan fingerprint density at radius 2 is 2.15 bits per heavy atom. The number of aliphatic hydroxyl groups is 1. The maximum absolute atomic E-state index is 13.5. The first kappa shape index (κ1) is 14.5. The van der Waals surface area contributed by atoms with Crippen LogP contribution in [0.4, 0.5) is 14.5 Å². The normalized spacial score (nSPS) is 12.4. The Labute approximate surface area is 116 Å². The summed E-state index contributed by atoms with van der Waals surface area (Å²) in [6.45, 7) is 2.10. The van der Waals surface area contributed by atoms with E-state index in [0.717, 1.165) is 29.9 Å². The van der Waals surface area contributed by atoms with Gasteiger partial charge < -0.3 is 10.4 Å². The summed E-state index contributed by atoms with van der Waals surface area (Å²) in [4.78, 5) is 0. The average molecular weight is 281 g/mol. The number of halogens is 2. The van der Waals surface area contributed by atoms with E-state index in [0.29, 0.717) is 0 Å². The Kier molecular flexibility index (Phi) is 4.34. The predicted molar refractivity (Wildman–Crippen MR) is 72.4 cm³/mol. The fraction of sp³-hybridized carbons (Fsp3) is 0.357. The van der Waals surface area contributed by atoms with Gasteiger partial charge in [0.05, 0.1) is 17.5 Å². The molecule has 1 aromatic carbocycles. The highest BCUT2D eigenvalue weighted by Gasteiger charge is 2.14. The second-order valence-corrected chi connectivity index (χ2v) is 4.58. The van der Waals surface area contributed by atoms with Crippen molar-refractivity contribution in [1.82, 2.24) is 9.78 Å². The van der Waals surface area contributed by atoms with Crippen molar-refractivity contribution in [1.29, 1.82) is 0 Å². The average Bonchev–Trinajstić information content (AvgIpc) is 2.76. The van der Waals surface area contributed by atoms with Crippen LogP contribution in [0.2, 0.25) is 0 Å². The summed E-state index contributed by atoms with van der Waals surface area (Å²) >= 11 is 0. The van der Waals surface area contributed by atoms with Crippen LogP contribution < -0.4 is 5.32 Å². The zero-order chi connectivity index (χ0) is 14.7. The van der Waals surface area contributed by atoms with Gasteiger partial charge in [0.25, 0.3) is 0 Å². The molecule has 0 spiro atoms. The van der Waals surface area contributed by atoms with Crippen molar-refractivity contribution in [2.75, 3.05) is 11.9 Å². The highest BCUT2D eigenvalue weighted by atomic mass is 19.1. The van der Waals surface area contributed by atoms with Crippen molar-refractivity contribution in [2.45, 2.75) is 19.4 Å². The van der Waals surface area contributed by atoms with Gasteiger partial charge in [-0.2, -0.15) is 5.10 Å². The van der Waals surface area contributed by atoms with Crippen LogP contribution >= 0.6 is 0 Å². The Bertz CT molecular complexity index is 598. The minimum atomic E-state index is -1.06. The molecule has 2 N–H and O–H groups in total. The monoisotopic (exact) mass is 281 g/mol. The van der Waals surface area contributed by atoms with Gasteiger partial charge in [-0.15, -0.1) is 0 Å². The SMILES string of the molecule is CCc1nn(C)cc1NCC(O)c1ccc(F)cc1F. The van der Waals surface area contributed by atoms with E-state index in [9.17, 15) is 13.9 Å². The lowest BCUT2D eigenvalue weighted by Gasteiger charge is -2.13. The number of aliphatic hydroxyl groups excluding tert-OH is 1. The molecule has 0 aliphatic carbocycles. The van der Waals surface area contributed by atoms with Crippen LogP contribution in [0.1, 0.15) is 24.3 Å². The number of nitrogens with zero attached hydrogens (tertiary/aromatic N) is 2. The van der Waals surface area contributed by atoms with Gasteiger partial charge in [0.1, 0.15) is 11.6 Å². The van der Waals surface area contributed by atoms with Gasteiger partial charge in [-0.25, -0.2) is 8.78 Å². The molecule has 2 rings (SSSR count). The maximum Gasteiger partial charge on any atom is 0.131 e. The topological polar surface area (TPSA) is 50.1 Å². The smallest absolute Gasteiger partial charge is 0.131 e. The van der Waals surface area contributed by atoms with Crippen molar-refractivity contribution in [3.05, 3.63) is 47.3 Å². The van der Waals surface area contributed by atoms with Gasteiger partial charge in [-0.05, 0) is 12.5 Å². The van der Waals surface area contributed by atoms with Crippen molar-refractivity contribution in [3.63, 3.8) is 0 Å². The number of aryl methyl sites for hydroxylation is 2. The summed E-state index contributed by atoms with van der Waals surface area (Å²) in [7, 11) is 1.81. The van der Waals surface area contributed by atoms with E-state index in [-0.39, 0.29) is 12.1 Å². The molecule has 0 amide bonds. The van der Waals surface area contributed by atoms with E-state index in [2.05, 4.69) is 10.4 Å². The summed E-state index contributed by atoms with van der Waals surface area (Å²) in [6.07, 6.45) is 1.50. The zero-order valence-electron chi connectivity index (χ0n) is 11.4. The minimum Gasteiger partial charge on any atom is -0.386 e. The molecule has 108 valence electrons. The molecule has 2 aromatic rings. The summed E-state index contributed by atoms with van der Waals surface area (Å²) < 4.78 is 28.0. The van der Waals surface area contributed by atoms with Crippen molar-refractivity contribution < 1.29 is 13.9 Å². The molecule has 0 bridgehead atoms. The first-order valence-corrected chi connectivity index (χ1v) is 6.40. The van der Waals surface area contributed by atoms with E-state index < -0.39 is 17.7 Å². The van der Waals surface area contributed by atoms with E-state index in [1.807, 2.05) is 6.92 Å². The second kappa shape index (κ2) is 6.00. The number of hydrogen-bond donors (Lipinski definition) is 2. The summed E-state index contributed by atoms with van der Waals surface area (Å²) in [6, 6.07) is 3.14. The molecular formula is C14H17F2N3O. The molecule has 1 unspecified atom stereocenters. The number of rotatable bonds is 5. The second-order valence-electron chi connectivity index (χ2n) is 4.58. The third kappa shape index (κ3) is 3.14. The Morgan fingerprint density at radius 3 is 2.80 bits per heavy atom. The van der Waals surface area contributed by atoms with Crippen LogP contribution in [0, 0.1) is 11.6 Å². The van der Waals surface area contributed by atoms with Crippen molar-refractivity contribution >= 4 is 5.69 Å². The summed E-state index contributed by atoms with van der Waals surface area (Å²) in [5.74, 6) is -1.41. The molecule has 4 nitrogen and oxygen atoms in total. The van der Waals surface area contributed by atoms with Crippen LogP contribution in [0.3, 0.4) is 0 Å². The van der Waals surface area contributed by atoms with Crippen LogP contribution in [0.15, 0.2) is 24.4 Å². The Hall–Kier alpha value is -1.95. The highest BCUT2D eigenvalue weighted by molar-refractivity contribution is 5.46. The van der Waals surface area contributed by atoms with Crippen LogP contribution in [-0.4, -0.2) is 21.4 Å². The number of benzene rings is 1. The number of anilines is 1. The van der Waals surface area contributed by atoms with Crippen LogP contribution in [-0.2, 0) is 13.5 Å². The molecule has 1 aromatic heterocycles. The lowest BCUT2D eigenvalue weighted by molar-refractivity contribution is 0.186. The molecule has 0 saturated carbocycles. The maximum atomic E-state index is 13.5. The van der Waals surface area contributed by atoms with Crippen molar-refractivity contribution in [3.8, 4) is 0 Å². The van der Waals surface area contributed by atoms with Gasteiger partial charge >= 0.3 is 0 Å². The highest BCUT2D eigenvalue weighted by Crippen LogP contribution is 2.20. The van der Waals surface area contributed by atoms with E-state index in [4.69, 9.17) is 0 Å². The van der Waals surface area contributed by atoms with Gasteiger partial charge in [0, 0.05) is 31.4 Å². The molecule has 0 saturated heterocycles. The zero-order valence-corrected chi connectivity index (χ0v) is 11.4. The van der Waals surface area contributed by atoms with E-state index in [1.165, 1.54) is 6.07 Å². The largest absolute Gasteiger partial charge is 0.386 e. The Balaban J connectivity index is 2.06. The predicted octanol–water partition coefficient (Wildman–Crippen LogP) is 2.41. The first-order chi connectivity index (χ1) is 9.51. The van der Waals surface area contributed by atoms with Crippen LogP contribution in [0.5, 0.6) is 0 Å². The lowest BCUT2D eigenvalue weighted by Crippen LogP contribution is -2.14. The van der Waals surface area contributed by atoms with Gasteiger partial charge in [-0.3, -0.25) is 4.68 Å². The fourth-order valence-corrected chi connectivity index (χ4v) is 2.03. The van der Waals surface area contributed by atoms with Crippen molar-refractivity contribution in [2.24, 2.45) is 7.05 Å². The number of hydrogen-bond acceptors (Lipinski definition) is 3. The molecule has 0 radical (unpaired) electrons. The van der Waals surface area contributed by atoms with Gasteiger partial charge in [0.2, 0.25) is 0 Å². The van der Waals surface area contributed by atoms with Gasteiger partial charge in [0.15, 0.2) is 0 Å². The number of nitrogens with one attached hydrogen (secondary N) is 1. The molecule has 20 heavy (non-hydrogen) atoms. The first-order valence-electron chi connectivity index (χ1n) is 6.40. The summed E-state index contributed by atoms with van der Waals surface area (Å²) in [5.41, 5.74) is 1.75. The van der Waals surface area contributed by atoms with Crippen LogP contribution in [0.25, 0.3) is 0 Å². The number of aromatic nitrogens is 2. The van der Waals surface area contributed by atoms with E-state index in [1.54, 1.807) is 17.9 Å². The van der Waals surface area contributed by atoms with Gasteiger partial charge in [-0.1, -0.05) is 13.0 Å². The molecular weight excluding hydrogens is 264 g/mol. The summed E-state index contributed by atoms with van der Waals surface area (Å²) in [5, 5.41) is 17.3.